The molecule has 1 atom stereocenters. The van der Waals surface area contributed by atoms with Gasteiger partial charge in [-0.3, -0.25) is 4.90 Å². The zero-order chi connectivity index (χ0) is 20.3. The van der Waals surface area contributed by atoms with Crippen molar-refractivity contribution < 1.29 is 19.4 Å². The average molecular weight is 381 g/mol. The van der Waals surface area contributed by atoms with Gasteiger partial charge >= 0.3 is 12.1 Å². The number of aliphatic carboxylic acids is 1. The fourth-order valence-corrected chi connectivity index (χ4v) is 3.65. The van der Waals surface area contributed by atoms with Crippen molar-refractivity contribution >= 4 is 12.1 Å². The number of hydrogen-bond donors (Lipinski definition) is 1. The lowest BCUT2D eigenvalue weighted by atomic mass is 9.98. The van der Waals surface area contributed by atoms with Crippen LogP contribution in [0.2, 0.25) is 0 Å². The lowest BCUT2D eigenvalue weighted by molar-refractivity contribution is -0.142. The van der Waals surface area contributed by atoms with Gasteiger partial charge in [-0.05, 0) is 41.5 Å². The van der Waals surface area contributed by atoms with Gasteiger partial charge < -0.3 is 9.84 Å². The number of rotatable bonds is 7. The van der Waals surface area contributed by atoms with Crippen molar-refractivity contribution in [3.8, 4) is 11.1 Å². The zero-order valence-electron chi connectivity index (χ0n) is 16.6. The second-order valence-electron chi connectivity index (χ2n) is 7.69. The van der Waals surface area contributed by atoms with Crippen molar-refractivity contribution in [3.63, 3.8) is 0 Å². The Morgan fingerprint density at radius 1 is 1.00 bits per heavy atom. The molecule has 0 spiro atoms. The Labute approximate surface area is 165 Å². The van der Waals surface area contributed by atoms with Gasteiger partial charge in [-0.1, -0.05) is 62.4 Å². The number of carboxylic acids is 1. The van der Waals surface area contributed by atoms with Crippen molar-refractivity contribution in [2.75, 3.05) is 13.2 Å². The molecule has 1 aliphatic rings. The first-order valence-corrected chi connectivity index (χ1v) is 9.74. The van der Waals surface area contributed by atoms with E-state index in [1.165, 1.54) is 11.8 Å². The van der Waals surface area contributed by atoms with Gasteiger partial charge in [0, 0.05) is 12.5 Å². The molecule has 2 aromatic rings. The van der Waals surface area contributed by atoms with Crippen LogP contribution in [-0.4, -0.2) is 41.3 Å². The number of benzene rings is 2. The standard InChI is InChI=1S/C23H27NO4/c1-15(2)12-13-24(16(3)22(25)26)23(27)28-14-21-19-10-6-4-8-17(19)18-9-5-7-11-20(18)21/h4-11,15-16,21H,12-14H2,1-3H3,(H,25,26). The van der Waals surface area contributed by atoms with Crippen LogP contribution < -0.4 is 0 Å². The van der Waals surface area contributed by atoms with Gasteiger partial charge in [0.1, 0.15) is 12.6 Å². The Morgan fingerprint density at radius 2 is 1.54 bits per heavy atom. The molecule has 3 rings (SSSR count). The van der Waals surface area contributed by atoms with Gasteiger partial charge in [0.05, 0.1) is 0 Å². The highest BCUT2D eigenvalue weighted by Gasteiger charge is 2.31. The molecule has 0 aliphatic heterocycles. The Bertz CT molecular complexity index is 816. The highest BCUT2D eigenvalue weighted by Crippen LogP contribution is 2.44. The molecule has 0 heterocycles. The van der Waals surface area contributed by atoms with Crippen LogP contribution >= 0.6 is 0 Å². The topological polar surface area (TPSA) is 66.8 Å². The number of carboxylic acid groups (broad SMARTS) is 1. The van der Waals surface area contributed by atoms with Crippen molar-refractivity contribution in [1.82, 2.24) is 4.90 Å². The van der Waals surface area contributed by atoms with E-state index in [1.807, 2.05) is 38.1 Å². The average Bonchev–Trinajstić information content (AvgIpc) is 3.00. The summed E-state index contributed by atoms with van der Waals surface area (Å²) in [5, 5.41) is 9.36. The normalized spacial score (nSPS) is 13.7. The fraction of sp³-hybridized carbons (Fsp3) is 0.391. The monoisotopic (exact) mass is 381 g/mol. The Hall–Kier alpha value is -2.82. The minimum Gasteiger partial charge on any atom is -0.480 e. The first-order chi connectivity index (χ1) is 13.4. The number of hydrogen-bond acceptors (Lipinski definition) is 3. The van der Waals surface area contributed by atoms with E-state index in [-0.39, 0.29) is 12.5 Å². The molecule has 0 aromatic heterocycles. The van der Waals surface area contributed by atoms with E-state index in [4.69, 9.17) is 4.74 Å². The highest BCUT2D eigenvalue weighted by atomic mass is 16.6. The molecule has 0 fully saturated rings. The van der Waals surface area contributed by atoms with Crippen LogP contribution in [0.3, 0.4) is 0 Å². The number of carbonyl (C=O) groups is 2. The van der Waals surface area contributed by atoms with Crippen LogP contribution in [0.1, 0.15) is 44.2 Å². The molecule has 0 radical (unpaired) electrons. The zero-order valence-corrected chi connectivity index (χ0v) is 16.6. The molecule has 1 N–H and O–H groups in total. The molecule has 148 valence electrons. The molecule has 2 aromatic carbocycles. The number of nitrogens with zero attached hydrogens (tertiary/aromatic N) is 1. The Balaban J connectivity index is 1.76. The lowest BCUT2D eigenvalue weighted by Crippen LogP contribution is -2.44. The van der Waals surface area contributed by atoms with Gasteiger partial charge in [-0.2, -0.15) is 0 Å². The molecule has 0 bridgehead atoms. The minimum absolute atomic E-state index is 0.0385. The summed E-state index contributed by atoms with van der Waals surface area (Å²) in [6, 6.07) is 15.3. The third-order valence-electron chi connectivity index (χ3n) is 5.34. The number of fused-ring (bicyclic) bond motifs is 3. The predicted molar refractivity (Wildman–Crippen MR) is 108 cm³/mol. The van der Waals surface area contributed by atoms with E-state index < -0.39 is 18.1 Å². The van der Waals surface area contributed by atoms with E-state index in [2.05, 4.69) is 24.3 Å². The summed E-state index contributed by atoms with van der Waals surface area (Å²) in [6.07, 6.45) is 0.152. The number of ether oxygens (including phenoxy) is 1. The van der Waals surface area contributed by atoms with Crippen LogP contribution in [0.4, 0.5) is 4.79 Å². The predicted octanol–water partition coefficient (Wildman–Crippen LogP) is 4.76. The van der Waals surface area contributed by atoms with Crippen LogP contribution in [0.25, 0.3) is 11.1 Å². The SMILES string of the molecule is CC(C)CCN(C(=O)OCC1c2ccccc2-c2ccccc21)C(C)C(=O)O. The summed E-state index contributed by atoms with van der Waals surface area (Å²) in [5.74, 6) is -0.703. The van der Waals surface area contributed by atoms with Crippen molar-refractivity contribution in [1.29, 1.82) is 0 Å². The summed E-state index contributed by atoms with van der Waals surface area (Å²) < 4.78 is 5.63. The molecule has 1 amide bonds. The number of carbonyl (C=O) groups excluding carboxylic acids is 1. The molecule has 0 saturated heterocycles. The summed E-state index contributed by atoms with van der Waals surface area (Å²) in [6.45, 7) is 6.16. The van der Waals surface area contributed by atoms with E-state index in [1.54, 1.807) is 0 Å². The second-order valence-corrected chi connectivity index (χ2v) is 7.69. The van der Waals surface area contributed by atoms with Crippen LogP contribution in [0, 0.1) is 5.92 Å². The molecule has 28 heavy (non-hydrogen) atoms. The maximum Gasteiger partial charge on any atom is 0.410 e. The molecule has 5 heteroatoms. The fourth-order valence-electron chi connectivity index (χ4n) is 3.65. The quantitative estimate of drug-likeness (QED) is 0.751. The van der Waals surface area contributed by atoms with E-state index >= 15 is 0 Å². The van der Waals surface area contributed by atoms with Crippen LogP contribution in [0.15, 0.2) is 48.5 Å². The first-order valence-electron chi connectivity index (χ1n) is 9.74. The highest BCUT2D eigenvalue weighted by molar-refractivity contribution is 5.81. The van der Waals surface area contributed by atoms with Gasteiger partial charge in [0.25, 0.3) is 0 Å². The lowest BCUT2D eigenvalue weighted by Gasteiger charge is -2.27. The van der Waals surface area contributed by atoms with Crippen LogP contribution in [-0.2, 0) is 9.53 Å². The maximum absolute atomic E-state index is 12.7. The summed E-state index contributed by atoms with van der Waals surface area (Å²) in [7, 11) is 0. The summed E-state index contributed by atoms with van der Waals surface area (Å²) in [5.41, 5.74) is 4.59. The van der Waals surface area contributed by atoms with E-state index in [0.717, 1.165) is 28.7 Å². The Kier molecular flexibility index (Phi) is 6.02. The molecular weight excluding hydrogens is 354 g/mol. The van der Waals surface area contributed by atoms with E-state index in [0.29, 0.717) is 12.5 Å². The molecule has 5 nitrogen and oxygen atoms in total. The summed E-state index contributed by atoms with van der Waals surface area (Å²) >= 11 is 0. The van der Waals surface area contributed by atoms with Gasteiger partial charge in [0.15, 0.2) is 0 Å². The van der Waals surface area contributed by atoms with Crippen LogP contribution in [0.5, 0.6) is 0 Å². The maximum atomic E-state index is 12.7. The molecule has 0 saturated carbocycles. The first kappa shape index (κ1) is 19.9. The largest absolute Gasteiger partial charge is 0.480 e. The van der Waals surface area contributed by atoms with Gasteiger partial charge in [-0.25, -0.2) is 9.59 Å². The van der Waals surface area contributed by atoms with Gasteiger partial charge in [0.2, 0.25) is 0 Å². The Morgan fingerprint density at radius 3 is 2.04 bits per heavy atom. The number of amides is 1. The van der Waals surface area contributed by atoms with Crippen molar-refractivity contribution in [2.45, 2.75) is 39.2 Å². The smallest absolute Gasteiger partial charge is 0.410 e. The third-order valence-corrected chi connectivity index (χ3v) is 5.34. The van der Waals surface area contributed by atoms with Crippen molar-refractivity contribution in [2.24, 2.45) is 5.92 Å². The molecular formula is C23H27NO4. The molecule has 1 unspecified atom stereocenters. The third kappa shape index (κ3) is 4.03. The molecule has 1 aliphatic carbocycles. The second kappa shape index (κ2) is 8.46. The van der Waals surface area contributed by atoms with Gasteiger partial charge in [-0.15, -0.1) is 0 Å². The minimum atomic E-state index is -1.03. The van der Waals surface area contributed by atoms with E-state index in [9.17, 15) is 14.7 Å². The summed E-state index contributed by atoms with van der Waals surface area (Å²) in [4.78, 5) is 25.5. The van der Waals surface area contributed by atoms with Crippen molar-refractivity contribution in [3.05, 3.63) is 59.7 Å².